The minimum atomic E-state index is -0.620. The van der Waals surface area contributed by atoms with Crippen molar-refractivity contribution in [1.29, 1.82) is 0 Å². The zero-order valence-corrected chi connectivity index (χ0v) is 8.88. The van der Waals surface area contributed by atoms with Crippen molar-refractivity contribution in [2.24, 2.45) is 0 Å². The fraction of sp³-hybridized carbons (Fsp3) is 0.300. The van der Waals surface area contributed by atoms with Crippen molar-refractivity contribution in [3.8, 4) is 0 Å². The Kier molecular flexibility index (Phi) is 4.05. The fourth-order valence-corrected chi connectivity index (χ4v) is 1.16. The Bertz CT molecular complexity index is 368. The lowest BCUT2D eigenvalue weighted by Gasteiger charge is -2.07. The lowest BCUT2D eigenvalue weighted by Crippen LogP contribution is -2.30. The van der Waals surface area contributed by atoms with Crippen molar-refractivity contribution in [3.05, 3.63) is 34.6 Å². The van der Waals surface area contributed by atoms with E-state index in [1.54, 1.807) is 6.92 Å². The van der Waals surface area contributed by atoms with Crippen LogP contribution in [0.25, 0.3) is 0 Å². The largest absolute Gasteiger partial charge is 0.392 e. The van der Waals surface area contributed by atoms with Gasteiger partial charge >= 0.3 is 0 Å². The van der Waals surface area contributed by atoms with Crippen molar-refractivity contribution < 1.29 is 14.3 Å². The van der Waals surface area contributed by atoms with Gasteiger partial charge < -0.3 is 10.4 Å². The molecule has 3 nitrogen and oxygen atoms in total. The second kappa shape index (κ2) is 5.09. The molecule has 0 fully saturated rings. The van der Waals surface area contributed by atoms with E-state index in [0.717, 1.165) is 6.07 Å². The molecule has 0 heterocycles. The topological polar surface area (TPSA) is 49.3 Å². The number of hydrogen-bond donors (Lipinski definition) is 2. The van der Waals surface area contributed by atoms with Crippen molar-refractivity contribution in [1.82, 2.24) is 5.32 Å². The van der Waals surface area contributed by atoms with Crippen LogP contribution in [-0.4, -0.2) is 23.7 Å². The molecule has 0 spiro atoms. The van der Waals surface area contributed by atoms with Gasteiger partial charge in [-0.15, -0.1) is 0 Å². The lowest BCUT2D eigenvalue weighted by molar-refractivity contribution is 0.0924. The summed E-state index contributed by atoms with van der Waals surface area (Å²) in [6.45, 7) is 1.70. The highest BCUT2D eigenvalue weighted by Gasteiger charge is 2.08. The molecular weight excluding hydrogens is 221 g/mol. The first-order valence-electron chi connectivity index (χ1n) is 4.42. The SMILES string of the molecule is CC(O)CNC(=O)c1ccc(F)c(Cl)c1. The number of halogens is 2. The first-order valence-corrected chi connectivity index (χ1v) is 4.80. The van der Waals surface area contributed by atoms with E-state index in [2.05, 4.69) is 5.32 Å². The van der Waals surface area contributed by atoms with E-state index in [1.807, 2.05) is 0 Å². The molecule has 1 unspecified atom stereocenters. The molecule has 15 heavy (non-hydrogen) atoms. The maximum absolute atomic E-state index is 12.8. The van der Waals surface area contributed by atoms with Crippen LogP contribution in [0.5, 0.6) is 0 Å². The Hall–Kier alpha value is -1.13. The molecule has 1 amide bonds. The summed E-state index contributed by atoms with van der Waals surface area (Å²) in [5.41, 5.74) is 0.266. The monoisotopic (exact) mass is 231 g/mol. The summed E-state index contributed by atoms with van der Waals surface area (Å²) in [4.78, 5) is 11.4. The van der Waals surface area contributed by atoms with Gasteiger partial charge in [-0.05, 0) is 25.1 Å². The zero-order valence-electron chi connectivity index (χ0n) is 8.13. The number of aliphatic hydroxyl groups is 1. The number of hydrogen-bond acceptors (Lipinski definition) is 2. The van der Waals surface area contributed by atoms with Gasteiger partial charge in [0.1, 0.15) is 5.82 Å². The maximum Gasteiger partial charge on any atom is 0.251 e. The number of rotatable bonds is 3. The second-order valence-electron chi connectivity index (χ2n) is 3.19. The van der Waals surface area contributed by atoms with Crippen LogP contribution in [0.15, 0.2) is 18.2 Å². The highest BCUT2D eigenvalue weighted by molar-refractivity contribution is 6.31. The van der Waals surface area contributed by atoms with E-state index in [4.69, 9.17) is 16.7 Å². The molecule has 0 bridgehead atoms. The van der Waals surface area contributed by atoms with E-state index in [0.29, 0.717) is 0 Å². The molecule has 1 aromatic carbocycles. The third kappa shape index (κ3) is 3.49. The van der Waals surface area contributed by atoms with Crippen LogP contribution < -0.4 is 5.32 Å². The maximum atomic E-state index is 12.8. The minimum Gasteiger partial charge on any atom is -0.392 e. The molecule has 0 saturated carbocycles. The first kappa shape index (κ1) is 11.9. The highest BCUT2D eigenvalue weighted by atomic mass is 35.5. The first-order chi connectivity index (χ1) is 7.00. The number of amides is 1. The number of carbonyl (C=O) groups excluding carboxylic acids is 1. The molecule has 0 saturated heterocycles. The lowest BCUT2D eigenvalue weighted by atomic mass is 10.2. The fourth-order valence-electron chi connectivity index (χ4n) is 0.980. The highest BCUT2D eigenvalue weighted by Crippen LogP contribution is 2.15. The van der Waals surface area contributed by atoms with Crippen LogP contribution in [0.1, 0.15) is 17.3 Å². The van der Waals surface area contributed by atoms with Crippen molar-refractivity contribution in [2.45, 2.75) is 13.0 Å². The molecule has 0 aliphatic rings. The summed E-state index contributed by atoms with van der Waals surface area (Å²) in [5.74, 6) is -0.957. The zero-order chi connectivity index (χ0) is 11.4. The van der Waals surface area contributed by atoms with E-state index in [9.17, 15) is 9.18 Å². The van der Waals surface area contributed by atoms with Crippen molar-refractivity contribution in [3.63, 3.8) is 0 Å². The predicted molar refractivity (Wildman–Crippen MR) is 55.4 cm³/mol. The molecule has 0 aromatic heterocycles. The van der Waals surface area contributed by atoms with E-state index in [-0.39, 0.29) is 17.1 Å². The number of aliphatic hydroxyl groups excluding tert-OH is 1. The molecule has 82 valence electrons. The van der Waals surface area contributed by atoms with Crippen LogP contribution in [0, 0.1) is 5.82 Å². The molecule has 1 rings (SSSR count). The smallest absolute Gasteiger partial charge is 0.251 e. The second-order valence-corrected chi connectivity index (χ2v) is 3.60. The van der Waals surface area contributed by atoms with Crippen LogP contribution in [0.3, 0.4) is 0 Å². The van der Waals surface area contributed by atoms with Gasteiger partial charge in [-0.2, -0.15) is 0 Å². The molecule has 0 aliphatic carbocycles. The van der Waals surface area contributed by atoms with Crippen LogP contribution in [-0.2, 0) is 0 Å². The van der Waals surface area contributed by atoms with E-state index in [1.165, 1.54) is 12.1 Å². The summed E-state index contributed by atoms with van der Waals surface area (Å²) in [6, 6.07) is 3.70. The Labute approximate surface area is 91.9 Å². The average Bonchev–Trinajstić information content (AvgIpc) is 2.18. The number of nitrogens with one attached hydrogen (secondary N) is 1. The summed E-state index contributed by atoms with van der Waals surface area (Å²) in [6.07, 6.45) is -0.620. The molecule has 5 heteroatoms. The van der Waals surface area contributed by atoms with Crippen LogP contribution in [0.2, 0.25) is 5.02 Å². The van der Waals surface area contributed by atoms with Crippen LogP contribution >= 0.6 is 11.6 Å². The minimum absolute atomic E-state index is 0.0975. The van der Waals surface area contributed by atoms with Crippen LogP contribution in [0.4, 0.5) is 4.39 Å². The van der Waals surface area contributed by atoms with Gasteiger partial charge in [0, 0.05) is 12.1 Å². The standard InChI is InChI=1S/C10H11ClFNO2/c1-6(14)5-13-10(15)7-2-3-9(12)8(11)4-7/h2-4,6,14H,5H2,1H3,(H,13,15). The van der Waals surface area contributed by atoms with Gasteiger partial charge in [-0.3, -0.25) is 4.79 Å². The third-order valence-electron chi connectivity index (χ3n) is 1.74. The molecule has 2 N–H and O–H groups in total. The number of benzene rings is 1. The Balaban J connectivity index is 2.70. The van der Waals surface area contributed by atoms with Gasteiger partial charge in [0.05, 0.1) is 11.1 Å². The average molecular weight is 232 g/mol. The van der Waals surface area contributed by atoms with E-state index < -0.39 is 17.8 Å². The summed E-state index contributed by atoms with van der Waals surface area (Å²) < 4.78 is 12.8. The van der Waals surface area contributed by atoms with Gasteiger partial charge in [-0.1, -0.05) is 11.6 Å². The normalized spacial score (nSPS) is 12.3. The summed E-state index contributed by atoms with van der Waals surface area (Å²) >= 11 is 5.52. The van der Waals surface area contributed by atoms with Crippen molar-refractivity contribution >= 4 is 17.5 Å². The molecular formula is C10H11ClFNO2. The van der Waals surface area contributed by atoms with E-state index >= 15 is 0 Å². The molecule has 1 atom stereocenters. The molecule has 0 radical (unpaired) electrons. The van der Waals surface area contributed by atoms with Gasteiger partial charge in [0.15, 0.2) is 0 Å². The molecule has 1 aromatic rings. The molecule has 0 aliphatic heterocycles. The van der Waals surface area contributed by atoms with Gasteiger partial charge in [-0.25, -0.2) is 4.39 Å². The van der Waals surface area contributed by atoms with Gasteiger partial charge in [0.2, 0.25) is 0 Å². The Morgan fingerprint density at radius 3 is 2.87 bits per heavy atom. The van der Waals surface area contributed by atoms with Crippen molar-refractivity contribution in [2.75, 3.05) is 6.54 Å². The quantitative estimate of drug-likeness (QED) is 0.830. The number of carbonyl (C=O) groups is 1. The Morgan fingerprint density at radius 1 is 1.67 bits per heavy atom. The third-order valence-corrected chi connectivity index (χ3v) is 2.03. The summed E-state index contributed by atoms with van der Waals surface area (Å²) in [5, 5.41) is 11.3. The summed E-state index contributed by atoms with van der Waals surface area (Å²) in [7, 11) is 0. The Morgan fingerprint density at radius 2 is 2.33 bits per heavy atom. The van der Waals surface area contributed by atoms with Gasteiger partial charge in [0.25, 0.3) is 5.91 Å². The predicted octanol–water partition coefficient (Wildman–Crippen LogP) is 1.59.